The summed E-state index contributed by atoms with van der Waals surface area (Å²) in [5, 5.41) is 27.2. The van der Waals surface area contributed by atoms with Gasteiger partial charge < -0.3 is 34.1 Å². The lowest BCUT2D eigenvalue weighted by molar-refractivity contribution is -0.140. The van der Waals surface area contributed by atoms with E-state index in [0.717, 1.165) is 4.57 Å². The third-order valence-electron chi connectivity index (χ3n) is 6.93. The van der Waals surface area contributed by atoms with Crippen molar-refractivity contribution in [3.63, 3.8) is 0 Å². The zero-order valence-electron chi connectivity index (χ0n) is 24.7. The first-order chi connectivity index (χ1) is 22.2. The fourth-order valence-electron chi connectivity index (χ4n) is 4.73. The molecule has 0 atom stereocenters. The Bertz CT molecular complexity index is 2260. The summed E-state index contributed by atoms with van der Waals surface area (Å²) in [6.07, 6.45) is 1.83. The molecule has 0 bridgehead atoms. The van der Waals surface area contributed by atoms with Gasteiger partial charge in [0.05, 0.1) is 17.3 Å². The fourth-order valence-corrected chi connectivity index (χ4v) is 6.80. The molecule has 2 amide bonds. The quantitative estimate of drug-likeness (QED) is 0.268. The number of carboxylic acid groups (broad SMARTS) is 3. The maximum absolute atomic E-state index is 13.7. The van der Waals surface area contributed by atoms with Crippen molar-refractivity contribution in [2.24, 2.45) is 0 Å². The van der Waals surface area contributed by atoms with Crippen LogP contribution in [0.2, 0.25) is 0 Å². The van der Waals surface area contributed by atoms with Crippen LogP contribution in [-0.4, -0.2) is 79.1 Å². The first-order valence-corrected chi connectivity index (χ1v) is 15.1. The number of ether oxygens (including phenoxy) is 2. The summed E-state index contributed by atoms with van der Waals surface area (Å²) in [6, 6.07) is 5.17. The van der Waals surface area contributed by atoms with Crippen LogP contribution in [0.25, 0.3) is 10.5 Å². The highest BCUT2D eigenvalue weighted by molar-refractivity contribution is 8.22. The van der Waals surface area contributed by atoms with Gasteiger partial charge in [-0.2, -0.15) is 0 Å². The number of carbonyl (C=O) groups excluding carboxylic acids is 2. The average Bonchev–Trinajstić information content (AvgIpc) is 3.69. The number of carbonyl (C=O) groups is 5. The van der Waals surface area contributed by atoms with Crippen LogP contribution in [0.5, 0.6) is 11.5 Å². The number of nitrogens with zero attached hydrogens (tertiary/aromatic N) is 4. The molecular formula is C28H24N4O13S2. The van der Waals surface area contributed by atoms with Gasteiger partial charge in [-0.3, -0.25) is 47.6 Å². The number of aliphatic carboxylic acids is 3. The van der Waals surface area contributed by atoms with E-state index in [1.165, 1.54) is 7.11 Å². The number of anilines is 1. The molecule has 0 aliphatic carbocycles. The fraction of sp³-hybridized carbons (Fsp3) is 0.250. The highest BCUT2D eigenvalue weighted by Gasteiger charge is 2.39. The zero-order valence-corrected chi connectivity index (χ0v) is 26.3. The molecule has 1 aromatic carbocycles. The van der Waals surface area contributed by atoms with Crippen LogP contribution in [0.3, 0.4) is 0 Å². The molecule has 3 N–H and O–H groups in total. The number of hydrogen-bond donors (Lipinski definition) is 3. The van der Waals surface area contributed by atoms with Gasteiger partial charge in [-0.15, -0.1) is 11.3 Å². The van der Waals surface area contributed by atoms with Crippen LogP contribution in [0, 0.1) is 10.1 Å². The number of thiazole rings is 1. The Hall–Kier alpha value is -5.56. The number of benzene rings is 1. The van der Waals surface area contributed by atoms with E-state index in [4.69, 9.17) is 19.0 Å². The van der Waals surface area contributed by atoms with Gasteiger partial charge in [0.25, 0.3) is 22.3 Å². The van der Waals surface area contributed by atoms with Crippen LogP contribution in [0.1, 0.15) is 13.3 Å². The first-order valence-electron chi connectivity index (χ1n) is 13.5. The largest absolute Gasteiger partial charge is 0.497 e. The number of carboxylic acids is 3. The molecule has 1 saturated heterocycles. The number of aromatic nitrogens is 2. The molecule has 5 rings (SSSR count). The summed E-state index contributed by atoms with van der Waals surface area (Å²) >= 11 is 0.926. The molecule has 2 aromatic heterocycles. The molecule has 47 heavy (non-hydrogen) atoms. The Balaban J connectivity index is 1.82. The molecule has 3 aromatic rings. The topological polar surface area (TPSA) is 228 Å². The van der Waals surface area contributed by atoms with Crippen LogP contribution >= 0.6 is 23.1 Å². The Morgan fingerprint density at radius 2 is 1.62 bits per heavy atom. The molecule has 19 heteroatoms. The van der Waals surface area contributed by atoms with Crippen molar-refractivity contribution in [2.45, 2.75) is 26.4 Å². The molecular weight excluding hydrogens is 664 g/mol. The van der Waals surface area contributed by atoms with Crippen LogP contribution in [0.4, 0.5) is 10.5 Å². The van der Waals surface area contributed by atoms with Crippen molar-refractivity contribution in [3.8, 4) is 11.5 Å². The maximum Gasteiger partial charge on any atom is 0.323 e. The van der Waals surface area contributed by atoms with Crippen molar-refractivity contribution in [1.82, 2.24) is 14.0 Å². The smallest absolute Gasteiger partial charge is 0.323 e. The molecule has 17 nitrogen and oxygen atoms in total. The van der Waals surface area contributed by atoms with E-state index in [9.17, 15) is 43.8 Å². The number of amides is 2. The van der Waals surface area contributed by atoms with Gasteiger partial charge in [-0.05, 0) is 35.9 Å². The number of thioether (sulfide) groups is 1. The number of methoxy groups -OCH3 is 1. The van der Waals surface area contributed by atoms with Gasteiger partial charge in [0, 0.05) is 19.2 Å². The number of hydrogen-bond acceptors (Lipinski definition) is 13. The van der Waals surface area contributed by atoms with Gasteiger partial charge in [0.2, 0.25) is 16.8 Å². The Morgan fingerprint density at radius 3 is 2.23 bits per heavy atom. The lowest BCUT2D eigenvalue weighted by atomic mass is 10.2. The van der Waals surface area contributed by atoms with E-state index in [0.29, 0.717) is 49.4 Å². The molecule has 1 fully saturated rings. The molecule has 0 saturated carbocycles. The number of oxazole rings is 1. The molecule has 2 aliphatic heterocycles. The second-order valence-electron chi connectivity index (χ2n) is 9.88. The predicted octanol–water partition coefficient (Wildman–Crippen LogP) is -0.0516. The van der Waals surface area contributed by atoms with Gasteiger partial charge in [-0.25, -0.2) is 0 Å². The van der Waals surface area contributed by atoms with E-state index in [2.05, 4.69) is 0 Å². The van der Waals surface area contributed by atoms with E-state index >= 15 is 0 Å². The minimum absolute atomic E-state index is 0.0192. The van der Waals surface area contributed by atoms with Crippen molar-refractivity contribution in [1.29, 1.82) is 0 Å². The highest BCUT2D eigenvalue weighted by Crippen LogP contribution is 2.40. The van der Waals surface area contributed by atoms with Crippen molar-refractivity contribution in [2.75, 3.05) is 25.6 Å². The van der Waals surface area contributed by atoms with Crippen molar-refractivity contribution < 1.29 is 53.2 Å². The maximum atomic E-state index is 13.7. The number of rotatable bonds is 9. The Morgan fingerprint density at radius 1 is 0.957 bits per heavy atom. The Labute approximate surface area is 269 Å². The summed E-state index contributed by atoms with van der Waals surface area (Å²) < 4.78 is 17.9. The number of fused-ring (bicyclic) bond motifs is 1. The molecule has 0 radical (unpaired) electrons. The molecule has 4 heterocycles. The second-order valence-corrected chi connectivity index (χ2v) is 11.8. The lowest BCUT2D eigenvalue weighted by Gasteiger charge is -2.12. The van der Waals surface area contributed by atoms with Gasteiger partial charge in [0.15, 0.2) is 5.75 Å². The minimum atomic E-state index is -1.53. The monoisotopic (exact) mass is 688 g/mol. The molecule has 2 aliphatic rings. The van der Waals surface area contributed by atoms with E-state index < -0.39 is 75.7 Å². The van der Waals surface area contributed by atoms with E-state index in [1.54, 1.807) is 43.1 Å². The van der Waals surface area contributed by atoms with Gasteiger partial charge in [-0.1, -0.05) is 6.92 Å². The molecule has 246 valence electrons. The summed E-state index contributed by atoms with van der Waals surface area (Å²) in [5.41, 5.74) is -2.21. The van der Waals surface area contributed by atoms with Gasteiger partial charge >= 0.3 is 17.9 Å². The van der Waals surface area contributed by atoms with E-state index in [1.807, 2.05) is 0 Å². The SMILES string of the molecule is CC/C(C=C1Oc2ccc(OC)cc2N1C)=c1\s/c(=c2/o/c(=C3/SC(=O)N(CC(=O)O)C3=O)n(CC(=O)O)c2=O)n(CC(=O)O)c1=O. The lowest BCUT2D eigenvalue weighted by Crippen LogP contribution is -2.36. The van der Waals surface area contributed by atoms with Crippen LogP contribution in [0.15, 0.2) is 44.2 Å². The molecule has 0 unspecified atom stereocenters. The third-order valence-corrected chi connectivity index (χ3v) is 9.12. The van der Waals surface area contributed by atoms with Gasteiger partial charge in [0.1, 0.15) is 35.0 Å². The second kappa shape index (κ2) is 12.7. The number of allylic oxidation sites excluding steroid dienone is 1. The third kappa shape index (κ3) is 6.04. The standard InChI is InChI=1S/C28H24N4O13S2/c1-4-12(7-16-29(2)14-8-13(43-3)5-6-15(14)44-16)21-24(40)31(10-18(35)36)27(46-21)20-23(39)30(9-17(33)34)26(45-20)22-25(41)32(11-19(37)38)28(42)47-22/h5-8H,4,9-11H2,1-3H3,(H,33,34)(H,35,36)(H,37,38)/b16-7?,21-12+,26-22+,27-20+. The first kappa shape index (κ1) is 32.8. The summed E-state index contributed by atoms with van der Waals surface area (Å²) in [4.78, 5) is 88.9. The van der Waals surface area contributed by atoms with Crippen molar-refractivity contribution >= 4 is 68.3 Å². The minimum Gasteiger partial charge on any atom is -0.497 e. The Kier molecular flexibility index (Phi) is 8.85. The predicted molar refractivity (Wildman–Crippen MR) is 163 cm³/mol. The van der Waals surface area contributed by atoms with Crippen LogP contribution < -0.4 is 35.6 Å². The average molecular weight is 689 g/mol. The van der Waals surface area contributed by atoms with E-state index in [-0.39, 0.29) is 27.4 Å². The summed E-state index contributed by atoms with van der Waals surface area (Å²) in [6.45, 7) is -1.22. The zero-order chi connectivity index (χ0) is 34.3. The highest BCUT2D eigenvalue weighted by atomic mass is 32.2. The summed E-state index contributed by atoms with van der Waals surface area (Å²) in [5.74, 6) is -4.20. The van der Waals surface area contributed by atoms with Crippen LogP contribution in [-0.2, 0) is 32.3 Å². The molecule has 0 spiro atoms. The van der Waals surface area contributed by atoms with Crippen molar-refractivity contribution in [3.05, 3.63) is 71.0 Å². The normalized spacial score (nSPS) is 17.6. The summed E-state index contributed by atoms with van der Waals surface area (Å²) in [7, 11) is 3.24. The number of imide groups is 1.